The average molecular weight is 314 g/mol. The summed E-state index contributed by atoms with van der Waals surface area (Å²) in [5.41, 5.74) is 3.15. The number of aryl methyl sites for hydroxylation is 1. The lowest BCUT2D eigenvalue weighted by atomic mass is 9.84. The minimum Gasteiger partial charge on any atom is -0.507 e. The first-order valence-corrected chi connectivity index (χ1v) is 8.90. The van der Waals surface area contributed by atoms with Crippen LogP contribution in [0.2, 0.25) is 0 Å². The number of hydrogen-bond acceptors (Lipinski definition) is 3. The molecule has 0 saturated heterocycles. The average Bonchev–Trinajstić information content (AvgIpc) is 2.51. The summed E-state index contributed by atoms with van der Waals surface area (Å²) in [6.45, 7) is 4.39. The third-order valence-corrected chi connectivity index (χ3v) is 5.01. The van der Waals surface area contributed by atoms with Gasteiger partial charge in [-0.2, -0.15) is 0 Å². The second-order valence-electron chi connectivity index (χ2n) is 6.99. The summed E-state index contributed by atoms with van der Waals surface area (Å²) in [5, 5.41) is 11.3. The normalized spacial score (nSPS) is 17.4. The van der Waals surface area contributed by atoms with Crippen molar-refractivity contribution in [2.24, 2.45) is 5.92 Å². The molecule has 1 atom stereocenters. The minimum absolute atomic E-state index is 0.220. The molecule has 0 fully saturated rings. The molecule has 0 radical (unpaired) electrons. The maximum atomic E-state index is 12.3. The second-order valence-corrected chi connectivity index (χ2v) is 6.99. The number of unbranched alkanes of at least 4 members (excludes halogenated alkanes) is 3. The van der Waals surface area contributed by atoms with Gasteiger partial charge in [0.05, 0.1) is 5.39 Å². The van der Waals surface area contributed by atoms with Gasteiger partial charge in [-0.1, -0.05) is 33.1 Å². The maximum Gasteiger partial charge on any atom is 0.339 e. The third-order valence-electron chi connectivity index (χ3n) is 5.01. The van der Waals surface area contributed by atoms with Crippen LogP contribution in [0, 0.1) is 5.92 Å². The van der Waals surface area contributed by atoms with E-state index in [1.54, 1.807) is 0 Å². The summed E-state index contributed by atoms with van der Waals surface area (Å²) in [7, 11) is 0. The standard InChI is InChI=1S/C20H26O3/c1-3-4-5-6-7-14-11-17(21)19-16-10-13(2)8-9-15(16)20(22)23-18(19)12-14/h11-13,21H,3-10H2,1-2H3. The Bertz CT molecular complexity index is 758. The van der Waals surface area contributed by atoms with E-state index in [9.17, 15) is 9.90 Å². The van der Waals surface area contributed by atoms with Crippen LogP contribution in [0.4, 0.5) is 0 Å². The smallest absolute Gasteiger partial charge is 0.339 e. The quantitative estimate of drug-likeness (QED) is 0.640. The van der Waals surface area contributed by atoms with Crippen molar-refractivity contribution in [1.29, 1.82) is 0 Å². The Morgan fingerprint density at radius 1 is 1.22 bits per heavy atom. The van der Waals surface area contributed by atoms with Crippen molar-refractivity contribution in [2.45, 2.75) is 65.2 Å². The Hall–Kier alpha value is -1.77. The van der Waals surface area contributed by atoms with Crippen molar-refractivity contribution in [1.82, 2.24) is 0 Å². The molecular weight excluding hydrogens is 288 g/mol. The van der Waals surface area contributed by atoms with Gasteiger partial charge >= 0.3 is 5.63 Å². The summed E-state index contributed by atoms with van der Waals surface area (Å²) < 4.78 is 5.53. The summed E-state index contributed by atoms with van der Waals surface area (Å²) in [5.74, 6) is 0.808. The van der Waals surface area contributed by atoms with Crippen molar-refractivity contribution in [3.05, 3.63) is 39.2 Å². The largest absolute Gasteiger partial charge is 0.507 e. The monoisotopic (exact) mass is 314 g/mol. The summed E-state index contributed by atoms with van der Waals surface area (Å²) in [6.07, 6.45) is 8.28. The van der Waals surface area contributed by atoms with E-state index in [4.69, 9.17) is 4.42 Å². The molecule has 0 saturated carbocycles. The fraction of sp³-hybridized carbons (Fsp3) is 0.550. The number of hydrogen-bond donors (Lipinski definition) is 1. The Balaban J connectivity index is 2.00. The van der Waals surface area contributed by atoms with Gasteiger partial charge in [0, 0.05) is 5.56 Å². The van der Waals surface area contributed by atoms with E-state index in [0.717, 1.165) is 54.2 Å². The minimum atomic E-state index is -0.220. The molecule has 3 heteroatoms. The Morgan fingerprint density at radius 3 is 2.83 bits per heavy atom. The molecule has 3 nitrogen and oxygen atoms in total. The highest BCUT2D eigenvalue weighted by Crippen LogP contribution is 2.35. The van der Waals surface area contributed by atoms with E-state index in [1.807, 2.05) is 12.1 Å². The third kappa shape index (κ3) is 3.29. The summed E-state index contributed by atoms with van der Waals surface area (Å²) in [6, 6.07) is 3.80. The molecule has 1 aliphatic carbocycles. The predicted octanol–water partition coefficient (Wildman–Crippen LogP) is 4.75. The summed E-state index contributed by atoms with van der Waals surface area (Å²) in [4.78, 5) is 12.3. The van der Waals surface area contributed by atoms with Crippen LogP contribution in [0.15, 0.2) is 21.3 Å². The SMILES string of the molecule is CCCCCCc1cc(O)c2c3c(c(=O)oc2c1)CCC(C)C3. The molecule has 23 heavy (non-hydrogen) atoms. The number of rotatable bonds is 5. The van der Waals surface area contributed by atoms with Crippen LogP contribution in [-0.2, 0) is 19.3 Å². The van der Waals surface area contributed by atoms with Gasteiger partial charge in [0.15, 0.2) is 0 Å². The van der Waals surface area contributed by atoms with Gasteiger partial charge in [-0.15, -0.1) is 0 Å². The second kappa shape index (κ2) is 6.77. The first-order chi connectivity index (χ1) is 11.1. The number of aromatic hydroxyl groups is 1. The van der Waals surface area contributed by atoms with Crippen molar-refractivity contribution < 1.29 is 9.52 Å². The zero-order valence-corrected chi connectivity index (χ0v) is 14.2. The van der Waals surface area contributed by atoms with Crippen LogP contribution in [0.3, 0.4) is 0 Å². The predicted molar refractivity (Wildman–Crippen MR) is 93.2 cm³/mol. The lowest BCUT2D eigenvalue weighted by molar-refractivity contribution is 0.460. The number of phenolic OH excluding ortho intramolecular Hbond substituents is 1. The first-order valence-electron chi connectivity index (χ1n) is 8.90. The van der Waals surface area contributed by atoms with Gasteiger partial charge in [-0.3, -0.25) is 0 Å². The highest BCUT2D eigenvalue weighted by atomic mass is 16.4. The Morgan fingerprint density at radius 2 is 2.04 bits per heavy atom. The maximum absolute atomic E-state index is 12.3. The van der Waals surface area contributed by atoms with Crippen LogP contribution in [0.25, 0.3) is 11.0 Å². The topological polar surface area (TPSA) is 50.4 Å². The molecule has 0 bridgehead atoms. The fourth-order valence-electron chi connectivity index (χ4n) is 3.70. The molecule has 2 aromatic rings. The van der Waals surface area contributed by atoms with Crippen LogP contribution < -0.4 is 5.63 Å². The molecule has 124 valence electrons. The van der Waals surface area contributed by atoms with E-state index in [0.29, 0.717) is 11.5 Å². The molecule has 0 amide bonds. The Labute approximate surface area is 137 Å². The van der Waals surface area contributed by atoms with Crippen LogP contribution in [0.5, 0.6) is 5.75 Å². The Kier molecular flexibility index (Phi) is 4.74. The highest BCUT2D eigenvalue weighted by molar-refractivity contribution is 5.88. The molecule has 1 aromatic heterocycles. The van der Waals surface area contributed by atoms with E-state index >= 15 is 0 Å². The van der Waals surface area contributed by atoms with Gasteiger partial charge in [0.25, 0.3) is 0 Å². The van der Waals surface area contributed by atoms with Gasteiger partial charge in [0.1, 0.15) is 11.3 Å². The fourth-order valence-corrected chi connectivity index (χ4v) is 3.70. The zero-order chi connectivity index (χ0) is 16.4. The van der Waals surface area contributed by atoms with Gasteiger partial charge in [0.2, 0.25) is 0 Å². The molecule has 0 spiro atoms. The molecule has 1 N–H and O–H groups in total. The van der Waals surface area contributed by atoms with E-state index in [1.165, 1.54) is 19.3 Å². The molecule has 1 aromatic carbocycles. The van der Waals surface area contributed by atoms with Gasteiger partial charge in [-0.25, -0.2) is 4.79 Å². The molecule has 0 aliphatic heterocycles. The lowest BCUT2D eigenvalue weighted by Crippen LogP contribution is -2.20. The molecule has 3 rings (SSSR count). The van der Waals surface area contributed by atoms with Crippen LogP contribution in [0.1, 0.15) is 62.6 Å². The van der Waals surface area contributed by atoms with Crippen molar-refractivity contribution in [3.8, 4) is 5.75 Å². The van der Waals surface area contributed by atoms with E-state index in [2.05, 4.69) is 13.8 Å². The van der Waals surface area contributed by atoms with Crippen molar-refractivity contribution in [2.75, 3.05) is 0 Å². The number of fused-ring (bicyclic) bond motifs is 3. The zero-order valence-electron chi connectivity index (χ0n) is 14.2. The first kappa shape index (κ1) is 16.1. The summed E-state index contributed by atoms with van der Waals surface area (Å²) >= 11 is 0. The lowest BCUT2D eigenvalue weighted by Gasteiger charge is -2.22. The van der Waals surface area contributed by atoms with Gasteiger partial charge in [-0.05, 0) is 61.3 Å². The van der Waals surface area contributed by atoms with Crippen LogP contribution >= 0.6 is 0 Å². The molecule has 1 aliphatic rings. The van der Waals surface area contributed by atoms with Crippen molar-refractivity contribution >= 4 is 11.0 Å². The number of benzene rings is 1. The van der Waals surface area contributed by atoms with Gasteiger partial charge < -0.3 is 9.52 Å². The molecule has 1 heterocycles. The number of phenols is 1. The van der Waals surface area contributed by atoms with Crippen LogP contribution in [-0.4, -0.2) is 5.11 Å². The molecular formula is C20H26O3. The molecule has 1 unspecified atom stereocenters. The van der Waals surface area contributed by atoms with E-state index < -0.39 is 0 Å². The van der Waals surface area contributed by atoms with E-state index in [-0.39, 0.29) is 11.4 Å². The highest BCUT2D eigenvalue weighted by Gasteiger charge is 2.23. The van der Waals surface area contributed by atoms with Crippen molar-refractivity contribution in [3.63, 3.8) is 0 Å².